The summed E-state index contributed by atoms with van der Waals surface area (Å²) in [6.07, 6.45) is 1.55. The van der Waals surface area contributed by atoms with Gasteiger partial charge in [-0.05, 0) is 37.3 Å². The topological polar surface area (TPSA) is 51.0 Å². The number of hydrogen-bond acceptors (Lipinski definition) is 4. The fourth-order valence-electron chi connectivity index (χ4n) is 1.82. The van der Waals surface area contributed by atoms with Crippen LogP contribution in [0.3, 0.4) is 0 Å². The average Bonchev–Trinajstić information content (AvgIpc) is 2.48. The van der Waals surface area contributed by atoms with Crippen molar-refractivity contribution < 1.29 is 14.6 Å². The fourth-order valence-corrected chi connectivity index (χ4v) is 1.98. The second-order valence-electron chi connectivity index (χ2n) is 4.20. The second kappa shape index (κ2) is 6.99. The summed E-state index contributed by atoms with van der Waals surface area (Å²) in [6.45, 7) is 2.34. The van der Waals surface area contributed by atoms with Crippen LogP contribution in [0.25, 0.3) is 0 Å². The molecule has 2 rings (SSSR count). The molecule has 0 amide bonds. The van der Waals surface area contributed by atoms with Crippen molar-refractivity contribution in [3.63, 3.8) is 0 Å². The summed E-state index contributed by atoms with van der Waals surface area (Å²) in [5.41, 5.74) is 1.15. The molecular weight excluding hydrogens is 290 g/mol. The minimum absolute atomic E-state index is 0.0593. The molecule has 0 bridgehead atoms. The van der Waals surface area contributed by atoms with E-state index in [9.17, 15) is 5.11 Å². The van der Waals surface area contributed by atoms with Crippen LogP contribution in [0.4, 0.5) is 5.69 Å². The van der Waals surface area contributed by atoms with Gasteiger partial charge in [-0.15, -0.1) is 0 Å². The third-order valence-electron chi connectivity index (χ3n) is 2.81. The van der Waals surface area contributed by atoms with Gasteiger partial charge in [0.2, 0.25) is 0 Å². The molecule has 1 N–H and O–H groups in total. The van der Waals surface area contributed by atoms with Crippen LogP contribution in [-0.4, -0.2) is 25.0 Å². The summed E-state index contributed by atoms with van der Waals surface area (Å²) in [5, 5.41) is 10.7. The maximum absolute atomic E-state index is 10.1. The van der Waals surface area contributed by atoms with E-state index in [0.717, 1.165) is 0 Å². The van der Waals surface area contributed by atoms with Crippen LogP contribution in [0.5, 0.6) is 17.2 Å². The highest BCUT2D eigenvalue weighted by Crippen LogP contribution is 2.32. The van der Waals surface area contributed by atoms with E-state index in [0.29, 0.717) is 34.4 Å². The van der Waals surface area contributed by atoms with Gasteiger partial charge in [0.05, 0.1) is 13.7 Å². The number of phenolic OH excluding ortho intramolecular Hbond substituents is 1. The summed E-state index contributed by atoms with van der Waals surface area (Å²) in [6, 6.07) is 10.4. The van der Waals surface area contributed by atoms with Gasteiger partial charge in [-0.1, -0.05) is 17.7 Å². The van der Waals surface area contributed by atoms with Gasteiger partial charge in [0.25, 0.3) is 0 Å². The van der Waals surface area contributed by atoms with Gasteiger partial charge in [-0.25, -0.2) is 0 Å². The predicted molar refractivity (Wildman–Crippen MR) is 84.5 cm³/mol. The summed E-state index contributed by atoms with van der Waals surface area (Å²) in [4.78, 5) is 4.32. The Bertz CT molecular complexity index is 656. The third-order valence-corrected chi connectivity index (χ3v) is 3.05. The van der Waals surface area contributed by atoms with Gasteiger partial charge >= 0.3 is 0 Å². The number of halogens is 1. The van der Waals surface area contributed by atoms with Crippen LogP contribution in [-0.2, 0) is 0 Å². The quantitative estimate of drug-likeness (QED) is 0.842. The molecule has 0 aliphatic rings. The smallest absolute Gasteiger partial charge is 0.166 e. The molecule has 110 valence electrons. The molecule has 0 heterocycles. The normalized spacial score (nSPS) is 10.8. The molecular formula is C16H16ClNO3. The number of rotatable bonds is 5. The van der Waals surface area contributed by atoms with Crippen molar-refractivity contribution in [2.45, 2.75) is 6.92 Å². The Kier molecular flexibility index (Phi) is 5.06. The molecule has 2 aromatic rings. The average molecular weight is 306 g/mol. The van der Waals surface area contributed by atoms with Crippen molar-refractivity contribution in [2.75, 3.05) is 13.7 Å². The van der Waals surface area contributed by atoms with Gasteiger partial charge in [-0.3, -0.25) is 4.99 Å². The number of hydrogen-bond donors (Lipinski definition) is 1. The summed E-state index contributed by atoms with van der Waals surface area (Å²) in [5.74, 6) is 1.10. The Morgan fingerprint density at radius 2 is 2.05 bits per heavy atom. The molecule has 0 spiro atoms. The number of para-hydroxylation sites is 1. The molecule has 4 nitrogen and oxygen atoms in total. The molecule has 0 atom stereocenters. The van der Waals surface area contributed by atoms with Crippen molar-refractivity contribution in [1.29, 1.82) is 0 Å². The van der Waals surface area contributed by atoms with E-state index in [2.05, 4.69) is 4.99 Å². The Morgan fingerprint density at radius 3 is 2.76 bits per heavy atom. The van der Waals surface area contributed by atoms with Crippen LogP contribution < -0.4 is 9.47 Å². The number of benzene rings is 2. The third kappa shape index (κ3) is 3.67. The van der Waals surface area contributed by atoms with Crippen molar-refractivity contribution in [3.05, 3.63) is 47.0 Å². The number of methoxy groups -OCH3 is 1. The summed E-state index contributed by atoms with van der Waals surface area (Å²) < 4.78 is 10.6. The minimum Gasteiger partial charge on any atom is -0.504 e. The van der Waals surface area contributed by atoms with Crippen LogP contribution >= 0.6 is 11.6 Å². The van der Waals surface area contributed by atoms with Crippen molar-refractivity contribution in [3.8, 4) is 17.2 Å². The fraction of sp³-hybridized carbons (Fsp3) is 0.188. The molecule has 0 aliphatic heterocycles. The van der Waals surface area contributed by atoms with E-state index in [1.807, 2.05) is 6.92 Å². The molecule has 0 fully saturated rings. The number of nitrogens with zero attached hydrogens (tertiary/aromatic N) is 1. The van der Waals surface area contributed by atoms with E-state index in [-0.39, 0.29) is 5.75 Å². The lowest BCUT2D eigenvalue weighted by molar-refractivity contribution is 0.318. The first-order valence-corrected chi connectivity index (χ1v) is 6.86. The van der Waals surface area contributed by atoms with Gasteiger partial charge in [0.1, 0.15) is 11.4 Å². The molecule has 0 unspecified atom stereocenters. The van der Waals surface area contributed by atoms with E-state index < -0.39 is 0 Å². The largest absolute Gasteiger partial charge is 0.504 e. The molecule has 0 saturated carbocycles. The Labute approximate surface area is 128 Å². The predicted octanol–water partition coefficient (Wildman–Crippen LogP) is 4.20. The monoisotopic (exact) mass is 305 g/mol. The maximum Gasteiger partial charge on any atom is 0.166 e. The highest BCUT2D eigenvalue weighted by molar-refractivity contribution is 6.30. The summed E-state index contributed by atoms with van der Waals surface area (Å²) >= 11 is 5.95. The van der Waals surface area contributed by atoms with Gasteiger partial charge in [0, 0.05) is 16.8 Å². The van der Waals surface area contributed by atoms with Crippen LogP contribution in [0.2, 0.25) is 5.02 Å². The lowest BCUT2D eigenvalue weighted by Crippen LogP contribution is -1.93. The Morgan fingerprint density at radius 1 is 1.24 bits per heavy atom. The molecule has 21 heavy (non-hydrogen) atoms. The van der Waals surface area contributed by atoms with E-state index in [4.69, 9.17) is 21.1 Å². The summed E-state index contributed by atoms with van der Waals surface area (Å²) in [7, 11) is 1.56. The zero-order chi connectivity index (χ0) is 15.2. The highest BCUT2D eigenvalue weighted by Gasteiger charge is 2.07. The molecule has 0 aliphatic carbocycles. The number of phenols is 1. The first kappa shape index (κ1) is 15.2. The van der Waals surface area contributed by atoms with Gasteiger partial charge in [0.15, 0.2) is 11.5 Å². The zero-order valence-electron chi connectivity index (χ0n) is 11.8. The Hall–Kier alpha value is -2.20. The minimum atomic E-state index is 0.0593. The van der Waals surface area contributed by atoms with Crippen molar-refractivity contribution in [2.24, 2.45) is 4.99 Å². The molecule has 0 saturated heterocycles. The number of ether oxygens (including phenoxy) is 2. The van der Waals surface area contributed by atoms with Crippen LogP contribution in [0.15, 0.2) is 41.4 Å². The molecule has 2 aromatic carbocycles. The SMILES string of the molecule is CCOc1cccc(C=Nc2cc(Cl)ccc2OC)c1O. The lowest BCUT2D eigenvalue weighted by Gasteiger charge is -2.08. The number of aliphatic imine (C=N–C) groups is 1. The van der Waals surface area contributed by atoms with Crippen LogP contribution in [0, 0.1) is 0 Å². The maximum atomic E-state index is 10.1. The highest BCUT2D eigenvalue weighted by atomic mass is 35.5. The van der Waals surface area contributed by atoms with Crippen molar-refractivity contribution in [1.82, 2.24) is 0 Å². The molecule has 0 aromatic heterocycles. The molecule has 5 heteroatoms. The van der Waals surface area contributed by atoms with Gasteiger partial charge in [-0.2, -0.15) is 0 Å². The number of aromatic hydroxyl groups is 1. The van der Waals surface area contributed by atoms with Crippen LogP contribution in [0.1, 0.15) is 12.5 Å². The van der Waals surface area contributed by atoms with Gasteiger partial charge < -0.3 is 14.6 Å². The lowest BCUT2D eigenvalue weighted by atomic mass is 10.2. The Balaban J connectivity index is 2.33. The first-order chi connectivity index (χ1) is 10.2. The first-order valence-electron chi connectivity index (χ1n) is 6.48. The zero-order valence-corrected chi connectivity index (χ0v) is 12.6. The second-order valence-corrected chi connectivity index (χ2v) is 4.64. The molecule has 0 radical (unpaired) electrons. The standard InChI is InChI=1S/C16H16ClNO3/c1-3-21-15-6-4-5-11(16(15)19)10-18-13-9-12(17)7-8-14(13)20-2/h4-10,19H,3H2,1-2H3. The van der Waals surface area contributed by atoms with E-state index in [1.54, 1.807) is 49.7 Å². The van der Waals surface area contributed by atoms with E-state index >= 15 is 0 Å². The van der Waals surface area contributed by atoms with E-state index in [1.165, 1.54) is 0 Å². The van der Waals surface area contributed by atoms with Crippen molar-refractivity contribution >= 4 is 23.5 Å².